The monoisotopic (exact) mass is 411 g/mol. The van der Waals surface area contributed by atoms with Gasteiger partial charge in [0.25, 0.3) is 5.91 Å². The van der Waals surface area contributed by atoms with Crippen molar-refractivity contribution >= 4 is 11.6 Å². The zero-order valence-electron chi connectivity index (χ0n) is 17.8. The molecule has 31 heavy (non-hydrogen) atoms. The van der Waals surface area contributed by atoms with Crippen LogP contribution in [-0.2, 0) is 4.79 Å². The van der Waals surface area contributed by atoms with Gasteiger partial charge in [0.15, 0.2) is 17.8 Å². The number of carbonyl (C=O) groups is 1. The van der Waals surface area contributed by atoms with Crippen molar-refractivity contribution in [2.45, 2.75) is 25.9 Å². The zero-order chi connectivity index (χ0) is 21.6. The predicted molar refractivity (Wildman–Crippen MR) is 123 cm³/mol. The van der Waals surface area contributed by atoms with Crippen molar-refractivity contribution < 1.29 is 14.5 Å². The minimum absolute atomic E-state index is 0.0626. The lowest BCUT2D eigenvalue weighted by atomic mass is 9.99. The quantitative estimate of drug-likeness (QED) is 0.453. The smallest absolute Gasteiger partial charge is 0.287 e. The van der Waals surface area contributed by atoms with E-state index < -0.39 is 6.04 Å². The van der Waals surface area contributed by atoms with Gasteiger partial charge in [0, 0.05) is 16.8 Å². The Morgan fingerprint density at radius 1 is 0.839 bits per heavy atom. The van der Waals surface area contributed by atoms with E-state index in [2.05, 4.69) is 22.8 Å². The van der Waals surface area contributed by atoms with E-state index in [1.54, 1.807) is 6.26 Å². The van der Waals surface area contributed by atoms with Gasteiger partial charge in [-0.2, -0.15) is 0 Å². The molecule has 0 unspecified atom stereocenters. The lowest BCUT2D eigenvalue weighted by Crippen LogP contribution is -2.88. The molecule has 4 aromatic rings. The summed E-state index contributed by atoms with van der Waals surface area (Å²) < 4.78 is 5.76. The van der Waals surface area contributed by atoms with Gasteiger partial charge in [-0.1, -0.05) is 72.8 Å². The summed E-state index contributed by atoms with van der Waals surface area (Å²) in [6.07, 6.45) is 1.67. The third-order valence-corrected chi connectivity index (χ3v) is 5.49. The van der Waals surface area contributed by atoms with Crippen molar-refractivity contribution in [1.29, 1.82) is 0 Å². The van der Waals surface area contributed by atoms with Crippen molar-refractivity contribution in [1.82, 2.24) is 0 Å². The normalized spacial score (nSPS) is 12.8. The number of furan rings is 1. The highest BCUT2D eigenvalue weighted by Crippen LogP contribution is 2.23. The van der Waals surface area contributed by atoms with Gasteiger partial charge in [0.1, 0.15) is 0 Å². The Balaban J connectivity index is 1.69. The van der Waals surface area contributed by atoms with Crippen LogP contribution in [0.5, 0.6) is 0 Å². The van der Waals surface area contributed by atoms with Gasteiger partial charge in [-0.3, -0.25) is 4.79 Å². The number of anilines is 1. The fourth-order valence-electron chi connectivity index (χ4n) is 3.78. The first-order valence-electron chi connectivity index (χ1n) is 10.5. The molecule has 0 saturated heterocycles. The van der Waals surface area contributed by atoms with E-state index in [1.165, 1.54) is 0 Å². The van der Waals surface area contributed by atoms with Crippen LogP contribution in [0.15, 0.2) is 102 Å². The summed E-state index contributed by atoms with van der Waals surface area (Å²) in [7, 11) is 0. The van der Waals surface area contributed by atoms with Crippen molar-refractivity contribution in [2.75, 3.05) is 5.32 Å². The molecule has 0 spiro atoms. The molecule has 0 aliphatic heterocycles. The lowest BCUT2D eigenvalue weighted by molar-refractivity contribution is -0.715. The molecule has 4 heteroatoms. The van der Waals surface area contributed by atoms with Crippen molar-refractivity contribution in [3.63, 3.8) is 0 Å². The standard InChI is InChI=1S/C27H26N2O2/c1-19-15-16-20(2)23(18-19)28-27(30)26(22-12-7-4-8-13-22)29-25(24-14-9-17-31-24)21-10-5-3-6-11-21/h3-18,25-26,29H,1-2H3,(H,28,30)/p+1/t25-,26+/m0/s1. The van der Waals surface area contributed by atoms with Crippen LogP contribution in [0, 0.1) is 13.8 Å². The van der Waals surface area contributed by atoms with Gasteiger partial charge < -0.3 is 15.1 Å². The number of aryl methyl sites for hydroxylation is 2. The summed E-state index contributed by atoms with van der Waals surface area (Å²) in [5.74, 6) is 0.749. The minimum Gasteiger partial charge on any atom is -0.463 e. The highest BCUT2D eigenvalue weighted by atomic mass is 16.3. The summed E-state index contributed by atoms with van der Waals surface area (Å²) in [6, 6.07) is 29.3. The lowest BCUT2D eigenvalue weighted by Gasteiger charge is -2.22. The van der Waals surface area contributed by atoms with Crippen LogP contribution < -0.4 is 10.6 Å². The molecule has 156 valence electrons. The van der Waals surface area contributed by atoms with E-state index in [0.717, 1.165) is 33.7 Å². The van der Waals surface area contributed by atoms with Crippen molar-refractivity contribution in [2.24, 2.45) is 0 Å². The fraction of sp³-hybridized carbons (Fsp3) is 0.148. The van der Waals surface area contributed by atoms with E-state index in [1.807, 2.05) is 92.7 Å². The number of amides is 1. The van der Waals surface area contributed by atoms with E-state index in [9.17, 15) is 4.79 Å². The van der Waals surface area contributed by atoms with Crippen molar-refractivity contribution in [3.05, 3.63) is 125 Å². The third-order valence-electron chi connectivity index (χ3n) is 5.49. The molecule has 0 aliphatic rings. The van der Waals surface area contributed by atoms with Gasteiger partial charge in [0.05, 0.1) is 6.26 Å². The molecule has 3 aromatic carbocycles. The van der Waals surface area contributed by atoms with E-state index in [4.69, 9.17) is 4.42 Å². The van der Waals surface area contributed by atoms with Crippen LogP contribution in [0.2, 0.25) is 0 Å². The molecule has 1 amide bonds. The largest absolute Gasteiger partial charge is 0.463 e. The Kier molecular flexibility index (Phi) is 6.29. The van der Waals surface area contributed by atoms with Crippen LogP contribution in [0.4, 0.5) is 5.69 Å². The number of hydrogen-bond acceptors (Lipinski definition) is 2. The van der Waals surface area contributed by atoms with E-state index in [0.29, 0.717) is 0 Å². The number of benzene rings is 3. The first kappa shape index (κ1) is 20.6. The van der Waals surface area contributed by atoms with Crippen molar-refractivity contribution in [3.8, 4) is 0 Å². The Morgan fingerprint density at radius 3 is 2.16 bits per heavy atom. The Bertz CT molecular complexity index is 1120. The Labute approximate surface area is 182 Å². The summed E-state index contributed by atoms with van der Waals surface area (Å²) in [4.78, 5) is 13.5. The summed E-state index contributed by atoms with van der Waals surface area (Å²) >= 11 is 0. The molecule has 1 heterocycles. The second-order valence-electron chi connectivity index (χ2n) is 7.79. The highest BCUT2D eigenvalue weighted by Gasteiger charge is 2.31. The number of carbonyl (C=O) groups excluding carboxylic acids is 1. The van der Waals surface area contributed by atoms with Crippen LogP contribution in [-0.4, -0.2) is 5.91 Å². The number of quaternary nitrogens is 1. The van der Waals surface area contributed by atoms with Crippen LogP contribution in [0.1, 0.15) is 40.1 Å². The highest BCUT2D eigenvalue weighted by molar-refractivity contribution is 5.95. The molecular weight excluding hydrogens is 384 g/mol. The third kappa shape index (κ3) is 4.93. The average Bonchev–Trinajstić information content (AvgIpc) is 3.33. The minimum atomic E-state index is -0.448. The SMILES string of the molecule is Cc1ccc(C)c(NC(=O)[C@H]([NH2+][C@@H](c2ccccc2)c2ccco2)c2ccccc2)c1. The average molecular weight is 412 g/mol. The first-order chi connectivity index (χ1) is 15.1. The summed E-state index contributed by atoms with van der Waals surface area (Å²) in [5, 5.41) is 5.22. The summed E-state index contributed by atoms with van der Waals surface area (Å²) in [6.45, 7) is 4.03. The molecule has 0 saturated carbocycles. The number of rotatable bonds is 7. The molecule has 4 nitrogen and oxygen atoms in total. The number of nitrogens with one attached hydrogen (secondary N) is 1. The number of hydrogen-bond donors (Lipinski definition) is 2. The number of nitrogens with two attached hydrogens (primary N) is 1. The Hall–Kier alpha value is -3.63. The van der Waals surface area contributed by atoms with Crippen LogP contribution in [0.25, 0.3) is 0 Å². The second kappa shape index (κ2) is 9.45. The van der Waals surface area contributed by atoms with Gasteiger partial charge in [-0.05, 0) is 43.2 Å². The summed E-state index contributed by atoms with van der Waals surface area (Å²) in [5.41, 5.74) is 5.01. The molecule has 4 rings (SSSR count). The van der Waals surface area contributed by atoms with Gasteiger partial charge in [-0.15, -0.1) is 0 Å². The molecule has 0 aliphatic carbocycles. The molecule has 0 fully saturated rings. The van der Waals surface area contributed by atoms with Gasteiger partial charge in [0.2, 0.25) is 0 Å². The van der Waals surface area contributed by atoms with E-state index in [-0.39, 0.29) is 11.9 Å². The van der Waals surface area contributed by atoms with E-state index >= 15 is 0 Å². The topological polar surface area (TPSA) is 58.9 Å². The molecule has 3 N–H and O–H groups in total. The zero-order valence-corrected chi connectivity index (χ0v) is 17.8. The molecule has 0 radical (unpaired) electrons. The van der Waals surface area contributed by atoms with Crippen LogP contribution in [0.3, 0.4) is 0 Å². The van der Waals surface area contributed by atoms with Gasteiger partial charge >= 0.3 is 0 Å². The van der Waals surface area contributed by atoms with Crippen LogP contribution >= 0.6 is 0 Å². The maximum absolute atomic E-state index is 13.5. The molecule has 1 aromatic heterocycles. The molecular formula is C27H27N2O2+. The first-order valence-corrected chi connectivity index (χ1v) is 10.5. The van der Waals surface area contributed by atoms with Gasteiger partial charge in [-0.25, -0.2) is 0 Å². The maximum Gasteiger partial charge on any atom is 0.287 e. The second-order valence-corrected chi connectivity index (χ2v) is 7.79. The Morgan fingerprint density at radius 2 is 1.52 bits per heavy atom. The predicted octanol–water partition coefficient (Wildman–Crippen LogP) is 4.93. The maximum atomic E-state index is 13.5. The fourth-order valence-corrected chi connectivity index (χ4v) is 3.78. The molecule has 0 bridgehead atoms. The molecule has 2 atom stereocenters.